The van der Waals surface area contributed by atoms with Crippen LogP contribution in [0.4, 0.5) is 11.7 Å². The van der Waals surface area contributed by atoms with Gasteiger partial charge in [-0.25, -0.2) is 8.42 Å². The summed E-state index contributed by atoms with van der Waals surface area (Å²) in [4.78, 5) is 15.8. The number of nitrogens with zero attached hydrogens (tertiary/aromatic N) is 1. The molecule has 0 aliphatic carbocycles. The third kappa shape index (κ3) is 5.52. The van der Waals surface area contributed by atoms with Gasteiger partial charge in [0.1, 0.15) is 5.52 Å². The van der Waals surface area contributed by atoms with Gasteiger partial charge in [-0.3, -0.25) is 4.79 Å². The predicted molar refractivity (Wildman–Crippen MR) is 133 cm³/mol. The van der Waals surface area contributed by atoms with E-state index >= 15 is 0 Å². The zero-order valence-corrected chi connectivity index (χ0v) is 20.3. The molecule has 3 aromatic carbocycles. The van der Waals surface area contributed by atoms with Crippen LogP contribution in [0.1, 0.15) is 31.9 Å². The summed E-state index contributed by atoms with van der Waals surface area (Å²) in [7, 11) is -3.33. The van der Waals surface area contributed by atoms with Gasteiger partial charge >= 0.3 is 5.97 Å². The molecule has 1 unspecified atom stereocenters. The van der Waals surface area contributed by atoms with E-state index in [2.05, 4.69) is 10.3 Å². The van der Waals surface area contributed by atoms with E-state index < -0.39 is 27.3 Å². The molecule has 0 aliphatic heterocycles. The summed E-state index contributed by atoms with van der Waals surface area (Å²) in [5, 5.41) is 22.8. The Balaban J connectivity index is 1.46. The molecule has 4 rings (SSSR count). The third-order valence-electron chi connectivity index (χ3n) is 5.83. The van der Waals surface area contributed by atoms with E-state index in [9.17, 15) is 23.4 Å². The summed E-state index contributed by atoms with van der Waals surface area (Å²) in [5.74, 6) is -0.946. The first-order chi connectivity index (χ1) is 16.4. The molecule has 0 fully saturated rings. The second-order valence-electron chi connectivity index (χ2n) is 9.15. The minimum absolute atomic E-state index is 0.118. The van der Waals surface area contributed by atoms with Crippen molar-refractivity contribution in [2.75, 3.05) is 11.6 Å². The lowest BCUT2D eigenvalue weighted by molar-refractivity contribution is -0.148. The maximum Gasteiger partial charge on any atom is 0.309 e. The fraction of sp³-hybridized carbons (Fsp3) is 0.231. The third-order valence-corrected chi connectivity index (χ3v) is 6.94. The predicted octanol–water partition coefficient (Wildman–Crippen LogP) is 5.18. The number of anilines is 2. The summed E-state index contributed by atoms with van der Waals surface area (Å²) >= 11 is 0. The van der Waals surface area contributed by atoms with Gasteiger partial charge in [-0.1, -0.05) is 36.4 Å². The van der Waals surface area contributed by atoms with E-state index in [1.807, 2.05) is 36.4 Å². The van der Waals surface area contributed by atoms with E-state index in [-0.39, 0.29) is 17.3 Å². The molecule has 0 radical (unpaired) electrons. The number of carboxylic acid groups (broad SMARTS) is 1. The summed E-state index contributed by atoms with van der Waals surface area (Å²) in [6.07, 6.45) is 0.393. The Kier molecular flexibility index (Phi) is 6.40. The average molecular weight is 495 g/mol. The van der Waals surface area contributed by atoms with Crippen molar-refractivity contribution in [3.63, 3.8) is 0 Å². The van der Waals surface area contributed by atoms with E-state index in [1.165, 1.54) is 12.1 Å². The fourth-order valence-electron chi connectivity index (χ4n) is 3.65. The molecule has 0 spiro atoms. The number of nitrogens with one attached hydrogen (secondary N) is 1. The first-order valence-electron chi connectivity index (χ1n) is 10.9. The van der Waals surface area contributed by atoms with Gasteiger partial charge in [-0.2, -0.15) is 4.98 Å². The van der Waals surface area contributed by atoms with Crippen LogP contribution >= 0.6 is 0 Å². The molecular formula is C26H26N2O6S. The maximum absolute atomic E-state index is 11.7. The SMILES string of the molecule is CC(C)(CC(O)c1ccc(-c2ccc(Nc3nc4cc(S(C)(=O)=O)ccc4o3)cc2)cc1)C(=O)O. The zero-order valence-electron chi connectivity index (χ0n) is 19.5. The van der Waals surface area contributed by atoms with Crippen LogP contribution in [0.15, 0.2) is 76.0 Å². The number of aliphatic hydroxyl groups excluding tert-OH is 1. The van der Waals surface area contributed by atoms with Crippen molar-refractivity contribution in [3.8, 4) is 11.1 Å². The second kappa shape index (κ2) is 9.16. The van der Waals surface area contributed by atoms with Crippen LogP contribution in [0.3, 0.4) is 0 Å². The molecule has 1 atom stereocenters. The number of hydrogen-bond donors (Lipinski definition) is 3. The number of fused-ring (bicyclic) bond motifs is 1. The van der Waals surface area contributed by atoms with Gasteiger partial charge < -0.3 is 19.9 Å². The Hall–Kier alpha value is -3.69. The molecule has 8 nitrogen and oxygen atoms in total. The van der Waals surface area contributed by atoms with Gasteiger partial charge in [0.25, 0.3) is 6.01 Å². The highest BCUT2D eigenvalue weighted by Gasteiger charge is 2.30. The van der Waals surface area contributed by atoms with Gasteiger partial charge in [0, 0.05) is 11.9 Å². The van der Waals surface area contributed by atoms with E-state index in [4.69, 9.17) is 4.42 Å². The highest BCUT2D eigenvalue weighted by atomic mass is 32.2. The molecule has 0 aliphatic rings. The molecule has 1 aromatic heterocycles. The number of benzene rings is 3. The van der Waals surface area contributed by atoms with E-state index in [0.717, 1.165) is 23.1 Å². The summed E-state index contributed by atoms with van der Waals surface area (Å²) in [6.45, 7) is 3.19. The van der Waals surface area contributed by atoms with Crippen LogP contribution in [-0.2, 0) is 14.6 Å². The highest BCUT2D eigenvalue weighted by Crippen LogP contribution is 2.32. The van der Waals surface area contributed by atoms with Crippen LogP contribution in [0.25, 0.3) is 22.2 Å². The number of aliphatic hydroxyl groups is 1. The summed E-state index contributed by atoms with van der Waals surface area (Å²) in [6, 6.07) is 19.7. The number of aliphatic carboxylic acids is 1. The number of oxazole rings is 1. The molecule has 0 bridgehead atoms. The number of rotatable bonds is 8. The Morgan fingerprint density at radius 1 is 1.03 bits per heavy atom. The largest absolute Gasteiger partial charge is 0.481 e. The number of aromatic nitrogens is 1. The minimum Gasteiger partial charge on any atom is -0.481 e. The topological polar surface area (TPSA) is 130 Å². The van der Waals surface area contributed by atoms with E-state index in [1.54, 1.807) is 32.0 Å². The molecule has 9 heteroatoms. The first-order valence-corrected chi connectivity index (χ1v) is 12.8. The number of carbonyl (C=O) groups is 1. The average Bonchev–Trinajstić information content (AvgIpc) is 3.20. The number of hydrogen-bond acceptors (Lipinski definition) is 7. The van der Waals surface area contributed by atoms with Crippen LogP contribution in [0.5, 0.6) is 0 Å². The molecule has 0 saturated heterocycles. The fourth-order valence-corrected chi connectivity index (χ4v) is 4.29. The van der Waals surface area contributed by atoms with Gasteiger partial charge in [0.05, 0.1) is 16.4 Å². The lowest BCUT2D eigenvalue weighted by Gasteiger charge is -2.23. The Bertz CT molecular complexity index is 1470. The van der Waals surface area contributed by atoms with Gasteiger partial charge in [0.15, 0.2) is 15.4 Å². The summed E-state index contributed by atoms with van der Waals surface area (Å²) in [5.41, 5.74) is 3.21. The lowest BCUT2D eigenvalue weighted by atomic mass is 9.84. The van der Waals surface area contributed by atoms with Crippen molar-refractivity contribution in [1.29, 1.82) is 0 Å². The maximum atomic E-state index is 11.7. The van der Waals surface area contributed by atoms with Crippen molar-refractivity contribution >= 4 is 38.6 Å². The normalized spacial score (nSPS) is 13.0. The Morgan fingerprint density at radius 3 is 2.20 bits per heavy atom. The smallest absolute Gasteiger partial charge is 0.309 e. The zero-order chi connectivity index (χ0) is 25.4. The van der Waals surface area contributed by atoms with Crippen LogP contribution < -0.4 is 5.32 Å². The van der Waals surface area contributed by atoms with Gasteiger partial charge in [-0.05, 0) is 67.3 Å². The van der Waals surface area contributed by atoms with Gasteiger partial charge in [-0.15, -0.1) is 0 Å². The molecule has 1 heterocycles. The molecule has 3 N–H and O–H groups in total. The summed E-state index contributed by atoms with van der Waals surface area (Å²) < 4.78 is 29.2. The highest BCUT2D eigenvalue weighted by molar-refractivity contribution is 7.90. The molecular weight excluding hydrogens is 468 g/mol. The minimum atomic E-state index is -3.33. The molecule has 0 saturated carbocycles. The van der Waals surface area contributed by atoms with Crippen molar-refractivity contribution in [3.05, 3.63) is 72.3 Å². The van der Waals surface area contributed by atoms with Crippen molar-refractivity contribution in [1.82, 2.24) is 4.98 Å². The quantitative estimate of drug-likeness (QED) is 0.306. The van der Waals surface area contributed by atoms with Gasteiger partial charge in [0.2, 0.25) is 0 Å². The van der Waals surface area contributed by atoms with E-state index in [0.29, 0.717) is 16.7 Å². The van der Waals surface area contributed by atoms with Crippen molar-refractivity contribution in [2.45, 2.75) is 31.3 Å². The molecule has 0 amide bonds. The first kappa shape index (κ1) is 24.4. The monoisotopic (exact) mass is 494 g/mol. The lowest BCUT2D eigenvalue weighted by Crippen LogP contribution is -2.26. The number of carboxylic acids is 1. The van der Waals surface area contributed by atoms with Crippen LogP contribution in [0.2, 0.25) is 0 Å². The second-order valence-corrected chi connectivity index (χ2v) is 11.2. The standard InChI is InChI=1S/C26H26N2O6S/c1-26(2,24(30)31)15-22(29)18-6-4-16(5-7-18)17-8-10-19(11-9-17)27-25-28-21-14-20(35(3,32)33)12-13-23(21)34-25/h4-14,22,29H,15H2,1-3H3,(H,27,28)(H,30,31). The van der Waals surface area contributed by atoms with Crippen LogP contribution in [-0.4, -0.2) is 35.8 Å². The molecule has 182 valence electrons. The Labute approximate surface area is 203 Å². The van der Waals surface area contributed by atoms with Crippen molar-refractivity contribution in [2.24, 2.45) is 5.41 Å². The molecule has 35 heavy (non-hydrogen) atoms. The number of sulfone groups is 1. The Morgan fingerprint density at radius 2 is 1.63 bits per heavy atom. The van der Waals surface area contributed by atoms with Crippen LogP contribution in [0, 0.1) is 5.41 Å². The van der Waals surface area contributed by atoms with Crippen molar-refractivity contribution < 1.29 is 27.8 Å². The molecule has 4 aromatic rings.